The molecule has 86 valence electrons. The third kappa shape index (κ3) is 1.57. The van der Waals surface area contributed by atoms with Crippen LogP contribution in [-0.2, 0) is 17.6 Å². The molecule has 1 heterocycles. The van der Waals surface area contributed by atoms with E-state index >= 15 is 0 Å². The Kier molecular flexibility index (Phi) is 2.49. The molecule has 1 aliphatic carbocycles. The summed E-state index contributed by atoms with van der Waals surface area (Å²) in [4.78, 5) is 0. The molecule has 2 nitrogen and oxygen atoms in total. The number of rotatable bonds is 0. The van der Waals surface area contributed by atoms with E-state index in [1.165, 1.54) is 11.1 Å². The smallest absolute Gasteiger partial charge is 0.0836 e. The summed E-state index contributed by atoms with van der Waals surface area (Å²) in [7, 11) is 0. The lowest BCUT2D eigenvalue weighted by atomic mass is 9.76. The molecular formula is C14H18O2. The molecule has 2 heteroatoms. The minimum absolute atomic E-state index is 0.0557. The van der Waals surface area contributed by atoms with Crippen molar-refractivity contribution in [2.24, 2.45) is 5.41 Å². The van der Waals surface area contributed by atoms with E-state index in [1.54, 1.807) is 0 Å². The SMILES string of the molecule is O[C@@H]1COCCCC12Cc1ccccc1C2. The van der Waals surface area contributed by atoms with Crippen LogP contribution in [-0.4, -0.2) is 24.4 Å². The van der Waals surface area contributed by atoms with Crippen molar-refractivity contribution in [3.63, 3.8) is 0 Å². The fourth-order valence-corrected chi connectivity index (χ4v) is 3.20. The molecule has 1 aromatic rings. The van der Waals surface area contributed by atoms with Gasteiger partial charge in [-0.2, -0.15) is 0 Å². The monoisotopic (exact) mass is 218 g/mol. The first-order valence-corrected chi connectivity index (χ1v) is 6.13. The third-order valence-corrected chi connectivity index (χ3v) is 4.15. The topological polar surface area (TPSA) is 29.5 Å². The fraction of sp³-hybridized carbons (Fsp3) is 0.571. The van der Waals surface area contributed by atoms with Crippen LogP contribution in [0.5, 0.6) is 0 Å². The number of aliphatic hydroxyl groups excluding tert-OH is 1. The van der Waals surface area contributed by atoms with Gasteiger partial charge in [-0.05, 0) is 36.8 Å². The number of ether oxygens (including phenoxy) is 1. The second-order valence-electron chi connectivity index (χ2n) is 5.18. The van der Waals surface area contributed by atoms with E-state index in [0.717, 1.165) is 32.3 Å². The Morgan fingerprint density at radius 2 is 1.88 bits per heavy atom. The molecule has 1 aromatic carbocycles. The van der Waals surface area contributed by atoms with Crippen molar-refractivity contribution in [1.82, 2.24) is 0 Å². The molecule has 1 N–H and O–H groups in total. The summed E-state index contributed by atoms with van der Waals surface area (Å²) < 4.78 is 5.44. The van der Waals surface area contributed by atoms with Crippen LogP contribution in [0, 0.1) is 5.41 Å². The quantitative estimate of drug-likeness (QED) is 0.721. The van der Waals surface area contributed by atoms with Crippen molar-refractivity contribution in [2.45, 2.75) is 31.8 Å². The van der Waals surface area contributed by atoms with E-state index in [9.17, 15) is 5.11 Å². The van der Waals surface area contributed by atoms with Gasteiger partial charge in [0.15, 0.2) is 0 Å². The predicted molar refractivity (Wildman–Crippen MR) is 62.3 cm³/mol. The Morgan fingerprint density at radius 3 is 2.56 bits per heavy atom. The van der Waals surface area contributed by atoms with Crippen LogP contribution in [0.3, 0.4) is 0 Å². The van der Waals surface area contributed by atoms with Gasteiger partial charge in [0.2, 0.25) is 0 Å². The Bertz CT molecular complexity index is 361. The van der Waals surface area contributed by atoms with E-state index in [1.807, 2.05) is 0 Å². The van der Waals surface area contributed by atoms with Crippen LogP contribution >= 0.6 is 0 Å². The van der Waals surface area contributed by atoms with Crippen molar-refractivity contribution in [3.8, 4) is 0 Å². The molecular weight excluding hydrogens is 200 g/mol. The maximum Gasteiger partial charge on any atom is 0.0836 e. The zero-order valence-electron chi connectivity index (χ0n) is 9.48. The van der Waals surface area contributed by atoms with Crippen molar-refractivity contribution >= 4 is 0 Å². The highest BCUT2D eigenvalue weighted by molar-refractivity contribution is 5.35. The normalized spacial score (nSPS) is 27.7. The summed E-state index contributed by atoms with van der Waals surface area (Å²) in [5.41, 5.74) is 2.90. The lowest BCUT2D eigenvalue weighted by Crippen LogP contribution is -2.37. The first-order valence-electron chi connectivity index (χ1n) is 6.13. The number of hydrogen-bond acceptors (Lipinski definition) is 2. The van der Waals surface area contributed by atoms with Gasteiger partial charge < -0.3 is 9.84 Å². The maximum absolute atomic E-state index is 10.3. The standard InChI is InChI=1S/C14H18O2/c15-13-10-16-7-3-6-14(13)8-11-4-1-2-5-12(11)9-14/h1-2,4-5,13,15H,3,6-10H2/t13-/m1/s1. The van der Waals surface area contributed by atoms with Gasteiger partial charge in [-0.1, -0.05) is 24.3 Å². The summed E-state index contributed by atoms with van der Waals surface area (Å²) in [5, 5.41) is 10.3. The predicted octanol–water partition coefficient (Wildman–Crippen LogP) is 1.94. The number of aliphatic hydroxyl groups is 1. The van der Waals surface area contributed by atoms with Gasteiger partial charge in [0.05, 0.1) is 12.7 Å². The first kappa shape index (κ1) is 10.3. The van der Waals surface area contributed by atoms with Crippen LogP contribution in [0.1, 0.15) is 24.0 Å². The first-order chi connectivity index (χ1) is 7.80. The second-order valence-corrected chi connectivity index (χ2v) is 5.18. The van der Waals surface area contributed by atoms with Crippen LogP contribution in [0.4, 0.5) is 0 Å². The van der Waals surface area contributed by atoms with Crippen LogP contribution in [0.15, 0.2) is 24.3 Å². The third-order valence-electron chi connectivity index (χ3n) is 4.15. The van der Waals surface area contributed by atoms with Crippen molar-refractivity contribution < 1.29 is 9.84 Å². The van der Waals surface area contributed by atoms with E-state index in [4.69, 9.17) is 4.74 Å². The molecule has 16 heavy (non-hydrogen) atoms. The maximum atomic E-state index is 10.3. The van der Waals surface area contributed by atoms with Crippen molar-refractivity contribution in [1.29, 1.82) is 0 Å². The lowest BCUT2D eigenvalue weighted by molar-refractivity contribution is -0.0162. The summed E-state index contributed by atoms with van der Waals surface area (Å²) >= 11 is 0. The summed E-state index contributed by atoms with van der Waals surface area (Å²) in [6.07, 6.45) is 3.90. The molecule has 1 spiro atoms. The molecule has 0 bridgehead atoms. The minimum atomic E-state index is -0.303. The molecule has 2 aliphatic rings. The van der Waals surface area contributed by atoms with Crippen LogP contribution in [0.2, 0.25) is 0 Å². The Balaban J connectivity index is 1.91. The van der Waals surface area contributed by atoms with Crippen LogP contribution < -0.4 is 0 Å². The zero-order chi connectivity index (χ0) is 11.0. The number of fused-ring (bicyclic) bond motifs is 1. The van der Waals surface area contributed by atoms with Gasteiger partial charge in [0.25, 0.3) is 0 Å². The molecule has 1 aliphatic heterocycles. The molecule has 0 aromatic heterocycles. The summed E-state index contributed by atoms with van der Waals surface area (Å²) in [6.45, 7) is 1.31. The summed E-state index contributed by atoms with van der Waals surface area (Å²) in [6, 6.07) is 8.58. The van der Waals surface area contributed by atoms with Gasteiger partial charge in [0, 0.05) is 12.0 Å². The van der Waals surface area contributed by atoms with Crippen molar-refractivity contribution in [2.75, 3.05) is 13.2 Å². The van der Waals surface area contributed by atoms with Gasteiger partial charge in [-0.25, -0.2) is 0 Å². The average molecular weight is 218 g/mol. The second kappa shape index (κ2) is 3.86. The van der Waals surface area contributed by atoms with Crippen molar-refractivity contribution in [3.05, 3.63) is 35.4 Å². The molecule has 0 amide bonds. The molecule has 1 saturated heterocycles. The molecule has 0 radical (unpaired) electrons. The van der Waals surface area contributed by atoms with E-state index < -0.39 is 0 Å². The van der Waals surface area contributed by atoms with E-state index in [2.05, 4.69) is 24.3 Å². The minimum Gasteiger partial charge on any atom is -0.390 e. The molecule has 3 rings (SSSR count). The van der Waals surface area contributed by atoms with Crippen LogP contribution in [0.25, 0.3) is 0 Å². The zero-order valence-corrected chi connectivity index (χ0v) is 9.48. The average Bonchev–Trinajstić information content (AvgIpc) is 2.58. The molecule has 0 unspecified atom stereocenters. The Hall–Kier alpha value is -0.860. The fourth-order valence-electron chi connectivity index (χ4n) is 3.20. The van der Waals surface area contributed by atoms with Gasteiger partial charge in [0.1, 0.15) is 0 Å². The lowest BCUT2D eigenvalue weighted by Gasteiger charge is -2.31. The largest absolute Gasteiger partial charge is 0.390 e. The van der Waals surface area contributed by atoms with Gasteiger partial charge in [-0.15, -0.1) is 0 Å². The summed E-state index contributed by atoms with van der Waals surface area (Å²) in [5.74, 6) is 0. The molecule has 0 saturated carbocycles. The van der Waals surface area contributed by atoms with E-state index in [-0.39, 0.29) is 11.5 Å². The van der Waals surface area contributed by atoms with Gasteiger partial charge in [-0.3, -0.25) is 0 Å². The highest BCUT2D eigenvalue weighted by atomic mass is 16.5. The molecule has 1 atom stereocenters. The Morgan fingerprint density at radius 1 is 1.19 bits per heavy atom. The number of benzene rings is 1. The molecule has 1 fully saturated rings. The van der Waals surface area contributed by atoms with Gasteiger partial charge >= 0.3 is 0 Å². The number of hydrogen-bond donors (Lipinski definition) is 1. The Labute approximate surface area is 96.2 Å². The highest BCUT2D eigenvalue weighted by Crippen LogP contribution is 2.44. The highest BCUT2D eigenvalue weighted by Gasteiger charge is 2.43. The van der Waals surface area contributed by atoms with E-state index in [0.29, 0.717) is 6.61 Å².